The van der Waals surface area contributed by atoms with Gasteiger partial charge in [-0.05, 0) is 18.7 Å². The van der Waals surface area contributed by atoms with Crippen LogP contribution in [0.5, 0.6) is 17.2 Å². The van der Waals surface area contributed by atoms with E-state index in [2.05, 4.69) is 0 Å². The molecule has 0 radical (unpaired) electrons. The fraction of sp³-hybridized carbons (Fsp3) is 0.500. The van der Waals surface area contributed by atoms with Crippen molar-refractivity contribution >= 4 is 0 Å². The molecule has 0 heterocycles. The molecule has 4 nitrogen and oxygen atoms in total. The van der Waals surface area contributed by atoms with Crippen LogP contribution in [0.25, 0.3) is 0 Å². The van der Waals surface area contributed by atoms with Crippen molar-refractivity contribution in [1.82, 2.24) is 0 Å². The largest absolute Gasteiger partial charge is 0.496 e. The van der Waals surface area contributed by atoms with Gasteiger partial charge in [-0.3, -0.25) is 0 Å². The van der Waals surface area contributed by atoms with Gasteiger partial charge in [0.05, 0.1) is 21.3 Å². The summed E-state index contributed by atoms with van der Waals surface area (Å²) in [5.74, 6) is 2.31. The maximum atomic E-state index is 5.69. The second-order valence-electron chi connectivity index (χ2n) is 3.55. The first-order valence-electron chi connectivity index (χ1n) is 5.18. The van der Waals surface area contributed by atoms with E-state index in [1.165, 1.54) is 0 Å². The molecule has 0 saturated heterocycles. The first kappa shape index (κ1) is 12.6. The monoisotopic (exact) mass is 225 g/mol. The molecule has 0 aliphatic heterocycles. The van der Waals surface area contributed by atoms with E-state index in [0.29, 0.717) is 18.0 Å². The Bertz CT molecular complexity index is 352. The summed E-state index contributed by atoms with van der Waals surface area (Å²) in [4.78, 5) is 0. The van der Waals surface area contributed by atoms with Crippen molar-refractivity contribution < 1.29 is 14.2 Å². The lowest BCUT2D eigenvalue weighted by atomic mass is 9.98. The summed E-state index contributed by atoms with van der Waals surface area (Å²) in [6.07, 6.45) is 0. The molecular formula is C12H19NO3. The molecule has 1 rings (SSSR count). The van der Waals surface area contributed by atoms with E-state index < -0.39 is 0 Å². The Hall–Kier alpha value is -1.42. The SMILES string of the molecule is COc1ccc(OC)c(C(C)CN)c1OC. The van der Waals surface area contributed by atoms with Crippen LogP contribution in [0, 0.1) is 0 Å². The van der Waals surface area contributed by atoms with Gasteiger partial charge >= 0.3 is 0 Å². The zero-order valence-electron chi connectivity index (χ0n) is 10.2. The highest BCUT2D eigenvalue weighted by Gasteiger charge is 2.19. The molecule has 16 heavy (non-hydrogen) atoms. The van der Waals surface area contributed by atoms with Gasteiger partial charge < -0.3 is 19.9 Å². The van der Waals surface area contributed by atoms with Crippen molar-refractivity contribution in [3.63, 3.8) is 0 Å². The van der Waals surface area contributed by atoms with E-state index in [0.717, 1.165) is 11.3 Å². The summed E-state index contributed by atoms with van der Waals surface area (Å²) in [5.41, 5.74) is 6.64. The summed E-state index contributed by atoms with van der Waals surface area (Å²) in [5, 5.41) is 0. The Morgan fingerprint density at radius 1 is 1.06 bits per heavy atom. The molecule has 0 spiro atoms. The molecule has 1 aromatic carbocycles. The minimum atomic E-state index is 0.153. The first-order chi connectivity index (χ1) is 7.69. The average molecular weight is 225 g/mol. The van der Waals surface area contributed by atoms with Crippen molar-refractivity contribution in [3.8, 4) is 17.2 Å². The molecule has 1 unspecified atom stereocenters. The molecule has 0 saturated carbocycles. The van der Waals surface area contributed by atoms with Gasteiger partial charge in [-0.25, -0.2) is 0 Å². The van der Waals surface area contributed by atoms with Crippen LogP contribution in [0.15, 0.2) is 12.1 Å². The van der Waals surface area contributed by atoms with Crippen LogP contribution in [0.3, 0.4) is 0 Å². The molecule has 0 aliphatic rings. The lowest BCUT2D eigenvalue weighted by molar-refractivity contribution is 0.341. The van der Waals surface area contributed by atoms with Gasteiger partial charge in [-0.2, -0.15) is 0 Å². The van der Waals surface area contributed by atoms with E-state index in [-0.39, 0.29) is 5.92 Å². The van der Waals surface area contributed by atoms with E-state index >= 15 is 0 Å². The molecule has 0 fully saturated rings. The third kappa shape index (κ3) is 2.22. The van der Waals surface area contributed by atoms with Crippen molar-refractivity contribution in [2.24, 2.45) is 5.73 Å². The molecule has 0 aliphatic carbocycles. The van der Waals surface area contributed by atoms with Crippen LogP contribution in [0.2, 0.25) is 0 Å². The van der Waals surface area contributed by atoms with Crippen molar-refractivity contribution in [2.75, 3.05) is 27.9 Å². The van der Waals surface area contributed by atoms with Crippen LogP contribution in [-0.2, 0) is 0 Å². The fourth-order valence-corrected chi connectivity index (χ4v) is 1.70. The highest BCUT2D eigenvalue weighted by molar-refractivity contribution is 5.55. The average Bonchev–Trinajstić information content (AvgIpc) is 2.35. The lowest BCUT2D eigenvalue weighted by Gasteiger charge is -2.19. The molecule has 4 heteroatoms. The number of nitrogens with two attached hydrogens (primary N) is 1. The number of benzene rings is 1. The molecule has 0 amide bonds. The van der Waals surface area contributed by atoms with Gasteiger partial charge in [0, 0.05) is 11.5 Å². The molecule has 0 aromatic heterocycles. The van der Waals surface area contributed by atoms with Crippen LogP contribution in [-0.4, -0.2) is 27.9 Å². The summed E-state index contributed by atoms with van der Waals surface area (Å²) >= 11 is 0. The Labute approximate surface area is 96.3 Å². The predicted molar refractivity (Wildman–Crippen MR) is 63.6 cm³/mol. The van der Waals surface area contributed by atoms with Crippen LogP contribution in [0.1, 0.15) is 18.4 Å². The topological polar surface area (TPSA) is 53.7 Å². The second kappa shape index (κ2) is 5.61. The van der Waals surface area contributed by atoms with E-state index in [4.69, 9.17) is 19.9 Å². The first-order valence-corrected chi connectivity index (χ1v) is 5.18. The predicted octanol–water partition coefficient (Wildman–Crippen LogP) is 1.77. The third-order valence-electron chi connectivity index (χ3n) is 2.61. The van der Waals surface area contributed by atoms with E-state index in [9.17, 15) is 0 Å². The van der Waals surface area contributed by atoms with Crippen molar-refractivity contribution in [1.29, 1.82) is 0 Å². The molecule has 0 bridgehead atoms. The summed E-state index contributed by atoms with van der Waals surface area (Å²) in [7, 11) is 4.86. The third-order valence-corrected chi connectivity index (χ3v) is 2.61. The Morgan fingerprint density at radius 3 is 2.06 bits per heavy atom. The number of hydrogen-bond donors (Lipinski definition) is 1. The Kier molecular flexibility index (Phi) is 4.43. The minimum absolute atomic E-state index is 0.153. The quantitative estimate of drug-likeness (QED) is 0.829. The van der Waals surface area contributed by atoms with Gasteiger partial charge in [0.2, 0.25) is 0 Å². The van der Waals surface area contributed by atoms with Crippen molar-refractivity contribution in [2.45, 2.75) is 12.8 Å². The smallest absolute Gasteiger partial charge is 0.167 e. The highest BCUT2D eigenvalue weighted by atomic mass is 16.5. The number of rotatable bonds is 5. The normalized spacial score (nSPS) is 12.1. The van der Waals surface area contributed by atoms with Crippen LogP contribution >= 0.6 is 0 Å². The lowest BCUT2D eigenvalue weighted by Crippen LogP contribution is -2.12. The maximum Gasteiger partial charge on any atom is 0.167 e. The molecule has 1 aromatic rings. The summed E-state index contributed by atoms with van der Waals surface area (Å²) in [6, 6.07) is 3.69. The van der Waals surface area contributed by atoms with Gasteiger partial charge in [0.25, 0.3) is 0 Å². The van der Waals surface area contributed by atoms with Gasteiger partial charge in [0.15, 0.2) is 11.5 Å². The number of methoxy groups -OCH3 is 3. The number of ether oxygens (including phenoxy) is 3. The number of hydrogen-bond acceptors (Lipinski definition) is 4. The second-order valence-corrected chi connectivity index (χ2v) is 3.55. The fourth-order valence-electron chi connectivity index (χ4n) is 1.70. The molecule has 1 atom stereocenters. The van der Waals surface area contributed by atoms with Gasteiger partial charge in [-0.15, -0.1) is 0 Å². The highest BCUT2D eigenvalue weighted by Crippen LogP contribution is 2.41. The Balaban J connectivity index is 3.36. The molecular weight excluding hydrogens is 206 g/mol. The Morgan fingerprint density at radius 2 is 1.62 bits per heavy atom. The minimum Gasteiger partial charge on any atom is -0.496 e. The molecule has 2 N–H and O–H groups in total. The van der Waals surface area contributed by atoms with Crippen LogP contribution < -0.4 is 19.9 Å². The van der Waals surface area contributed by atoms with Crippen molar-refractivity contribution in [3.05, 3.63) is 17.7 Å². The standard InChI is InChI=1S/C12H19NO3/c1-8(7-13)11-9(14-2)5-6-10(15-3)12(11)16-4/h5-6,8H,7,13H2,1-4H3. The van der Waals surface area contributed by atoms with Crippen LogP contribution in [0.4, 0.5) is 0 Å². The van der Waals surface area contributed by atoms with Gasteiger partial charge in [-0.1, -0.05) is 6.92 Å². The van der Waals surface area contributed by atoms with E-state index in [1.54, 1.807) is 21.3 Å². The van der Waals surface area contributed by atoms with Gasteiger partial charge in [0.1, 0.15) is 5.75 Å². The zero-order chi connectivity index (χ0) is 12.1. The van der Waals surface area contributed by atoms with E-state index in [1.807, 2.05) is 19.1 Å². The summed E-state index contributed by atoms with van der Waals surface area (Å²) in [6.45, 7) is 2.56. The zero-order valence-corrected chi connectivity index (χ0v) is 10.2. The molecule has 90 valence electrons. The summed E-state index contributed by atoms with van der Waals surface area (Å²) < 4.78 is 15.9. The maximum absolute atomic E-state index is 5.69.